The van der Waals surface area contributed by atoms with Crippen LogP contribution in [-0.4, -0.2) is 23.6 Å². The van der Waals surface area contributed by atoms with E-state index in [9.17, 15) is 9.59 Å². The van der Waals surface area contributed by atoms with Gasteiger partial charge in [-0.05, 0) is 48.8 Å². The maximum Gasteiger partial charge on any atom is 0.303 e. The highest BCUT2D eigenvalue weighted by Crippen LogP contribution is 2.55. The smallest absolute Gasteiger partial charge is 0.303 e. The van der Waals surface area contributed by atoms with Gasteiger partial charge in [-0.1, -0.05) is 25.0 Å². The van der Waals surface area contributed by atoms with Gasteiger partial charge in [0.2, 0.25) is 5.91 Å². The number of carbonyl (C=O) groups excluding carboxylic acids is 1. The third kappa shape index (κ3) is 4.28. The highest BCUT2D eigenvalue weighted by Gasteiger charge is 2.54. The van der Waals surface area contributed by atoms with Gasteiger partial charge in [-0.3, -0.25) is 9.59 Å². The van der Waals surface area contributed by atoms with Crippen molar-refractivity contribution >= 4 is 11.9 Å². The Morgan fingerprint density at radius 1 is 1.12 bits per heavy atom. The lowest BCUT2D eigenvalue weighted by Crippen LogP contribution is -2.25. The minimum Gasteiger partial charge on any atom is -0.494 e. The van der Waals surface area contributed by atoms with E-state index in [1.807, 2.05) is 24.3 Å². The Labute approximate surface area is 142 Å². The summed E-state index contributed by atoms with van der Waals surface area (Å²) in [5.74, 6) is 1.66. The van der Waals surface area contributed by atoms with Crippen molar-refractivity contribution < 1.29 is 19.4 Å². The summed E-state index contributed by atoms with van der Waals surface area (Å²) in [6, 6.07) is 7.60. The van der Waals surface area contributed by atoms with Crippen LogP contribution < -0.4 is 10.1 Å². The molecule has 0 spiro atoms. The molecular weight excluding hydrogens is 306 g/mol. The number of aliphatic carboxylic acids is 1. The summed E-state index contributed by atoms with van der Waals surface area (Å²) in [7, 11) is 0. The molecule has 130 valence electrons. The summed E-state index contributed by atoms with van der Waals surface area (Å²) in [5.41, 5.74) is 1.05. The van der Waals surface area contributed by atoms with Crippen LogP contribution in [0.25, 0.3) is 0 Å². The summed E-state index contributed by atoms with van der Waals surface area (Å²) in [5, 5.41) is 11.6. The van der Waals surface area contributed by atoms with E-state index >= 15 is 0 Å². The third-order valence-corrected chi connectivity index (χ3v) is 5.15. The van der Waals surface area contributed by atoms with Crippen LogP contribution in [0, 0.1) is 17.8 Å². The Hall–Kier alpha value is -2.04. The number of carboxylic acids is 1. The number of hydrogen-bond donors (Lipinski definition) is 2. The molecule has 0 aliphatic heterocycles. The minimum absolute atomic E-state index is 0.118. The maximum atomic E-state index is 12.3. The van der Waals surface area contributed by atoms with E-state index < -0.39 is 5.97 Å². The molecule has 1 amide bonds. The summed E-state index contributed by atoms with van der Waals surface area (Å²) >= 11 is 0. The number of rotatable bonds is 8. The van der Waals surface area contributed by atoms with Gasteiger partial charge in [0.15, 0.2) is 0 Å². The first kappa shape index (κ1) is 16.8. The van der Waals surface area contributed by atoms with Crippen LogP contribution in [0.15, 0.2) is 24.3 Å². The van der Waals surface area contributed by atoms with Gasteiger partial charge in [0, 0.05) is 18.9 Å². The lowest BCUT2D eigenvalue weighted by atomic mass is 10.0. The fourth-order valence-electron chi connectivity index (χ4n) is 3.81. The molecule has 0 saturated heterocycles. The number of carbonyl (C=O) groups is 2. The second kappa shape index (κ2) is 7.69. The first-order chi connectivity index (χ1) is 11.6. The second-order valence-electron chi connectivity index (χ2n) is 6.85. The Morgan fingerprint density at radius 2 is 1.79 bits per heavy atom. The van der Waals surface area contributed by atoms with E-state index in [4.69, 9.17) is 9.84 Å². The monoisotopic (exact) mass is 331 g/mol. The van der Waals surface area contributed by atoms with Gasteiger partial charge in [-0.15, -0.1) is 0 Å². The van der Waals surface area contributed by atoms with Gasteiger partial charge >= 0.3 is 5.97 Å². The topological polar surface area (TPSA) is 75.6 Å². The van der Waals surface area contributed by atoms with Crippen molar-refractivity contribution in [1.82, 2.24) is 5.32 Å². The Morgan fingerprint density at radius 3 is 2.42 bits per heavy atom. The Kier molecular flexibility index (Phi) is 5.38. The van der Waals surface area contributed by atoms with E-state index in [-0.39, 0.29) is 18.2 Å². The van der Waals surface area contributed by atoms with Crippen LogP contribution in [0.4, 0.5) is 0 Å². The summed E-state index contributed by atoms with van der Waals surface area (Å²) in [6.45, 7) is 0.945. The van der Waals surface area contributed by atoms with E-state index in [0.29, 0.717) is 31.4 Å². The van der Waals surface area contributed by atoms with E-state index in [2.05, 4.69) is 5.32 Å². The van der Waals surface area contributed by atoms with Crippen LogP contribution in [-0.2, 0) is 16.1 Å². The predicted octanol–water partition coefficient (Wildman–Crippen LogP) is 2.98. The molecule has 2 unspecified atom stereocenters. The van der Waals surface area contributed by atoms with Crippen LogP contribution in [0.1, 0.15) is 44.1 Å². The van der Waals surface area contributed by atoms with Crippen molar-refractivity contribution in [3.05, 3.63) is 29.8 Å². The standard InChI is InChI=1S/C19H25NO4/c21-17(22)6-3-11-24-14-9-7-13(8-10-14)12-20-19(23)18-15-4-1-2-5-16(15)18/h7-10,15-16,18H,1-6,11-12H2,(H,20,23)(H,21,22). The fourth-order valence-corrected chi connectivity index (χ4v) is 3.81. The molecule has 1 aromatic rings. The number of hydrogen-bond acceptors (Lipinski definition) is 3. The summed E-state index contributed by atoms with van der Waals surface area (Å²) in [4.78, 5) is 22.7. The number of ether oxygens (including phenoxy) is 1. The van der Waals surface area contributed by atoms with Gasteiger partial charge < -0.3 is 15.2 Å². The normalized spacial score (nSPS) is 24.8. The predicted molar refractivity (Wildman–Crippen MR) is 89.6 cm³/mol. The van der Waals surface area contributed by atoms with Crippen LogP contribution >= 0.6 is 0 Å². The molecule has 0 heterocycles. The largest absolute Gasteiger partial charge is 0.494 e. The zero-order chi connectivity index (χ0) is 16.9. The Bertz CT molecular complexity index is 572. The highest BCUT2D eigenvalue weighted by molar-refractivity contribution is 5.82. The molecule has 0 radical (unpaired) electrons. The molecule has 2 fully saturated rings. The molecule has 3 rings (SSSR count). The number of fused-ring (bicyclic) bond motifs is 1. The average molecular weight is 331 g/mol. The lowest BCUT2D eigenvalue weighted by molar-refractivity contribution is -0.137. The van der Waals surface area contributed by atoms with Crippen molar-refractivity contribution in [2.75, 3.05) is 6.61 Å². The van der Waals surface area contributed by atoms with Gasteiger partial charge in [0.25, 0.3) is 0 Å². The van der Waals surface area contributed by atoms with Gasteiger partial charge in [-0.25, -0.2) is 0 Å². The van der Waals surface area contributed by atoms with Crippen molar-refractivity contribution in [2.24, 2.45) is 17.8 Å². The van der Waals surface area contributed by atoms with E-state index in [1.54, 1.807) is 0 Å². The van der Waals surface area contributed by atoms with Gasteiger partial charge in [-0.2, -0.15) is 0 Å². The highest BCUT2D eigenvalue weighted by atomic mass is 16.5. The van der Waals surface area contributed by atoms with Gasteiger partial charge in [0.05, 0.1) is 6.61 Å². The minimum atomic E-state index is -0.805. The molecule has 1 aromatic carbocycles. The van der Waals surface area contributed by atoms with E-state index in [0.717, 1.165) is 11.3 Å². The molecule has 5 heteroatoms. The number of benzene rings is 1. The van der Waals surface area contributed by atoms with Crippen molar-refractivity contribution in [3.8, 4) is 5.75 Å². The SMILES string of the molecule is O=C(O)CCCOc1ccc(CNC(=O)C2C3CCCCC32)cc1. The zero-order valence-electron chi connectivity index (χ0n) is 13.9. The lowest BCUT2D eigenvalue weighted by Gasteiger charge is -2.08. The van der Waals surface area contributed by atoms with Crippen LogP contribution in [0.5, 0.6) is 5.75 Å². The summed E-state index contributed by atoms with van der Waals surface area (Å²) < 4.78 is 5.50. The van der Waals surface area contributed by atoms with Crippen LogP contribution in [0.2, 0.25) is 0 Å². The zero-order valence-corrected chi connectivity index (χ0v) is 13.9. The van der Waals surface area contributed by atoms with Crippen molar-refractivity contribution in [1.29, 1.82) is 0 Å². The summed E-state index contributed by atoms with van der Waals surface area (Å²) in [6.07, 6.45) is 5.61. The molecule has 2 saturated carbocycles. The molecule has 0 aromatic heterocycles. The van der Waals surface area contributed by atoms with Crippen LogP contribution in [0.3, 0.4) is 0 Å². The molecule has 2 atom stereocenters. The second-order valence-corrected chi connectivity index (χ2v) is 6.85. The molecule has 5 nitrogen and oxygen atoms in total. The number of carboxylic acid groups (broad SMARTS) is 1. The molecule has 0 bridgehead atoms. The molecule has 2 aliphatic rings. The maximum absolute atomic E-state index is 12.3. The molecule has 2 N–H and O–H groups in total. The number of nitrogens with one attached hydrogen (secondary N) is 1. The Balaban J connectivity index is 1.38. The fraction of sp³-hybridized carbons (Fsp3) is 0.579. The van der Waals surface area contributed by atoms with Crippen molar-refractivity contribution in [3.63, 3.8) is 0 Å². The first-order valence-electron chi connectivity index (χ1n) is 8.86. The third-order valence-electron chi connectivity index (χ3n) is 5.15. The van der Waals surface area contributed by atoms with Crippen molar-refractivity contribution in [2.45, 2.75) is 45.1 Å². The van der Waals surface area contributed by atoms with Gasteiger partial charge in [0.1, 0.15) is 5.75 Å². The molecule has 2 aliphatic carbocycles. The molecule has 24 heavy (non-hydrogen) atoms. The first-order valence-corrected chi connectivity index (χ1v) is 8.86. The molecular formula is C19H25NO4. The van der Waals surface area contributed by atoms with E-state index in [1.165, 1.54) is 25.7 Å². The average Bonchev–Trinajstić information content (AvgIpc) is 3.32. The quantitative estimate of drug-likeness (QED) is 0.718. The number of amides is 1.